The van der Waals surface area contributed by atoms with E-state index in [1.54, 1.807) is 26.0 Å². The van der Waals surface area contributed by atoms with Gasteiger partial charge < -0.3 is 35.0 Å². The Balaban J connectivity index is 1.97. The molecule has 0 aromatic heterocycles. The molecule has 1 saturated heterocycles. The van der Waals surface area contributed by atoms with E-state index in [2.05, 4.69) is 32.1 Å². The molecule has 1 aromatic rings. The number of hydrogen-bond donors (Lipinski definition) is 5. The third kappa shape index (κ3) is 8.78. The van der Waals surface area contributed by atoms with Gasteiger partial charge in [-0.25, -0.2) is 0 Å². The number of benzene rings is 1. The van der Waals surface area contributed by atoms with Crippen LogP contribution in [0.1, 0.15) is 64.5 Å². The summed E-state index contributed by atoms with van der Waals surface area (Å²) in [6.45, 7) is 9.61. The van der Waals surface area contributed by atoms with E-state index in [1.807, 2.05) is 6.92 Å². The summed E-state index contributed by atoms with van der Waals surface area (Å²) in [6, 6.07) is 3.33. The van der Waals surface area contributed by atoms with Crippen LogP contribution in [0.5, 0.6) is 11.5 Å². The standard InChI is InChI=1S/C28H42O7/c1-17(9-7-11-19(3)16-29)8-6-10-18(2)12-13-22-15-24(20(4)14-23(22)30)35-28-27(33)26(32)25(31)21(5)34-28/h8,11-12,14-15,21,25-33H,6-7,9-10,13,16H2,1-5H3/b17-8+,18-12+,19-11-/t21-,25-,26+,27+,28-/m0/s1. The van der Waals surface area contributed by atoms with Gasteiger partial charge in [0.15, 0.2) is 0 Å². The first kappa shape index (κ1) is 29.1. The van der Waals surface area contributed by atoms with Gasteiger partial charge in [-0.15, -0.1) is 0 Å². The number of aliphatic hydroxyl groups excluding tert-OH is 4. The zero-order chi connectivity index (χ0) is 26.1. The summed E-state index contributed by atoms with van der Waals surface area (Å²) in [5, 5.41) is 49.6. The van der Waals surface area contributed by atoms with Crippen molar-refractivity contribution < 1.29 is 35.0 Å². The molecule has 7 heteroatoms. The average molecular weight is 491 g/mol. The molecular formula is C28H42O7. The van der Waals surface area contributed by atoms with Crippen molar-refractivity contribution in [3.8, 4) is 11.5 Å². The van der Waals surface area contributed by atoms with Crippen LogP contribution in [0.3, 0.4) is 0 Å². The Hall–Kier alpha value is -2.16. The molecule has 0 amide bonds. The second-order valence-electron chi connectivity index (χ2n) is 9.64. The van der Waals surface area contributed by atoms with Crippen LogP contribution in [0.2, 0.25) is 0 Å². The summed E-state index contributed by atoms with van der Waals surface area (Å²) in [7, 11) is 0. The molecular weight excluding hydrogens is 448 g/mol. The van der Waals surface area contributed by atoms with Gasteiger partial charge in [0.05, 0.1) is 12.7 Å². The zero-order valence-electron chi connectivity index (χ0n) is 21.6. The van der Waals surface area contributed by atoms with E-state index in [9.17, 15) is 20.4 Å². The molecule has 1 aliphatic heterocycles. The van der Waals surface area contributed by atoms with Crippen molar-refractivity contribution in [1.82, 2.24) is 0 Å². The van der Waals surface area contributed by atoms with Crippen molar-refractivity contribution in [2.75, 3.05) is 6.61 Å². The number of phenols is 1. The van der Waals surface area contributed by atoms with Gasteiger partial charge in [0.2, 0.25) is 6.29 Å². The van der Waals surface area contributed by atoms with Crippen LogP contribution in [0.25, 0.3) is 0 Å². The van der Waals surface area contributed by atoms with E-state index in [-0.39, 0.29) is 12.4 Å². The van der Waals surface area contributed by atoms with Crippen molar-refractivity contribution in [2.45, 2.75) is 97.4 Å². The van der Waals surface area contributed by atoms with Crippen molar-refractivity contribution in [1.29, 1.82) is 0 Å². The number of ether oxygens (including phenoxy) is 2. The summed E-state index contributed by atoms with van der Waals surface area (Å²) in [5.41, 5.74) is 4.89. The van der Waals surface area contributed by atoms with Crippen molar-refractivity contribution in [3.63, 3.8) is 0 Å². The fraction of sp³-hybridized carbons (Fsp3) is 0.571. The number of allylic oxidation sites excluding steroid dienone is 5. The van der Waals surface area contributed by atoms with Crippen LogP contribution in [0.4, 0.5) is 0 Å². The highest BCUT2D eigenvalue weighted by Gasteiger charge is 2.43. The van der Waals surface area contributed by atoms with Crippen LogP contribution in [0.15, 0.2) is 47.1 Å². The maximum Gasteiger partial charge on any atom is 0.229 e. The van der Waals surface area contributed by atoms with Crippen molar-refractivity contribution in [2.24, 2.45) is 0 Å². The van der Waals surface area contributed by atoms with Crippen LogP contribution in [0, 0.1) is 6.92 Å². The van der Waals surface area contributed by atoms with Crippen LogP contribution in [-0.2, 0) is 11.2 Å². The third-order valence-electron chi connectivity index (χ3n) is 6.41. The largest absolute Gasteiger partial charge is 0.508 e. The summed E-state index contributed by atoms with van der Waals surface area (Å²) in [4.78, 5) is 0. The lowest BCUT2D eigenvalue weighted by atomic mass is 10.00. The molecule has 5 atom stereocenters. The normalized spacial score (nSPS) is 26.2. The van der Waals surface area contributed by atoms with E-state index in [0.29, 0.717) is 23.3 Å². The Labute approximate surface area is 209 Å². The Morgan fingerprint density at radius 1 is 0.914 bits per heavy atom. The van der Waals surface area contributed by atoms with E-state index < -0.39 is 30.7 Å². The van der Waals surface area contributed by atoms with Gasteiger partial charge in [-0.3, -0.25) is 0 Å². The van der Waals surface area contributed by atoms with Crippen LogP contribution < -0.4 is 4.74 Å². The highest BCUT2D eigenvalue weighted by molar-refractivity contribution is 5.46. The molecule has 1 heterocycles. The number of rotatable bonds is 11. The summed E-state index contributed by atoms with van der Waals surface area (Å²) in [6.07, 6.45) is 4.90. The second-order valence-corrected chi connectivity index (χ2v) is 9.64. The highest BCUT2D eigenvalue weighted by Crippen LogP contribution is 2.31. The molecule has 7 nitrogen and oxygen atoms in total. The molecule has 2 rings (SSSR count). The molecule has 196 valence electrons. The van der Waals surface area contributed by atoms with Gasteiger partial charge >= 0.3 is 0 Å². The van der Waals surface area contributed by atoms with Crippen LogP contribution in [-0.4, -0.2) is 62.8 Å². The minimum Gasteiger partial charge on any atom is -0.508 e. The number of hydrogen-bond acceptors (Lipinski definition) is 7. The minimum atomic E-state index is -1.40. The van der Waals surface area contributed by atoms with Gasteiger partial charge in [0, 0.05) is 5.56 Å². The van der Waals surface area contributed by atoms with E-state index >= 15 is 0 Å². The molecule has 0 bridgehead atoms. The first-order valence-corrected chi connectivity index (χ1v) is 12.3. The number of aromatic hydroxyl groups is 1. The third-order valence-corrected chi connectivity index (χ3v) is 6.41. The Bertz CT molecular complexity index is 918. The first-order chi connectivity index (χ1) is 16.5. The Morgan fingerprint density at radius 3 is 2.14 bits per heavy atom. The molecule has 1 aromatic carbocycles. The van der Waals surface area contributed by atoms with Gasteiger partial charge in [-0.05, 0) is 84.4 Å². The van der Waals surface area contributed by atoms with Crippen molar-refractivity contribution in [3.05, 3.63) is 58.2 Å². The number of aliphatic hydroxyl groups is 4. The lowest BCUT2D eigenvalue weighted by Crippen LogP contribution is -2.58. The van der Waals surface area contributed by atoms with Gasteiger partial charge in [-0.1, -0.05) is 34.9 Å². The van der Waals surface area contributed by atoms with E-state index in [1.165, 1.54) is 11.1 Å². The Kier molecular flexibility index (Phi) is 11.5. The van der Waals surface area contributed by atoms with Gasteiger partial charge in [0.25, 0.3) is 0 Å². The van der Waals surface area contributed by atoms with E-state index in [0.717, 1.165) is 31.3 Å². The van der Waals surface area contributed by atoms with Gasteiger partial charge in [0.1, 0.15) is 29.8 Å². The van der Waals surface area contributed by atoms with Gasteiger partial charge in [-0.2, -0.15) is 0 Å². The minimum absolute atomic E-state index is 0.111. The molecule has 1 fully saturated rings. The predicted octanol–water partition coefficient (Wildman–Crippen LogP) is 3.84. The molecule has 5 N–H and O–H groups in total. The quantitative estimate of drug-likeness (QED) is 0.299. The topological polar surface area (TPSA) is 120 Å². The first-order valence-electron chi connectivity index (χ1n) is 12.3. The SMILES string of the molecule is C/C(=C/CC/C(C)=C/CC/C(C)=C/Cc1cc(O[C@@H]2O[C@@H](C)[C@H](O)[C@@H](O)[C@H]2O)c(C)cc1O)CO. The fourth-order valence-corrected chi connectivity index (χ4v) is 3.89. The van der Waals surface area contributed by atoms with E-state index in [4.69, 9.17) is 14.6 Å². The second kappa shape index (κ2) is 13.8. The predicted molar refractivity (Wildman–Crippen MR) is 136 cm³/mol. The molecule has 0 radical (unpaired) electrons. The molecule has 0 saturated carbocycles. The molecule has 35 heavy (non-hydrogen) atoms. The fourth-order valence-electron chi connectivity index (χ4n) is 3.89. The lowest BCUT2D eigenvalue weighted by Gasteiger charge is -2.39. The zero-order valence-corrected chi connectivity index (χ0v) is 21.6. The molecule has 1 aliphatic rings. The Morgan fingerprint density at radius 2 is 1.51 bits per heavy atom. The monoisotopic (exact) mass is 490 g/mol. The highest BCUT2D eigenvalue weighted by atomic mass is 16.7. The molecule has 0 aliphatic carbocycles. The number of phenolic OH excluding ortho intramolecular Hbond substituents is 1. The maximum atomic E-state index is 10.4. The molecule has 0 unspecified atom stereocenters. The number of aryl methyl sites for hydroxylation is 1. The average Bonchev–Trinajstić information content (AvgIpc) is 2.81. The molecule has 0 spiro atoms. The lowest BCUT2D eigenvalue weighted by molar-refractivity contribution is -0.268. The maximum absolute atomic E-state index is 10.4. The smallest absolute Gasteiger partial charge is 0.229 e. The summed E-state index contributed by atoms with van der Waals surface area (Å²) in [5.74, 6) is 0.600. The van der Waals surface area contributed by atoms with Crippen LogP contribution >= 0.6 is 0 Å². The summed E-state index contributed by atoms with van der Waals surface area (Å²) < 4.78 is 11.4. The van der Waals surface area contributed by atoms with Crippen molar-refractivity contribution >= 4 is 0 Å². The summed E-state index contributed by atoms with van der Waals surface area (Å²) >= 11 is 0.